The molecule has 1 aliphatic carbocycles. The maximum Gasteiger partial charge on any atom is 0.244 e. The molecule has 1 saturated heterocycles. The second-order valence-corrected chi connectivity index (χ2v) is 8.03. The lowest BCUT2D eigenvalue weighted by Crippen LogP contribution is -2.48. The van der Waals surface area contributed by atoms with E-state index < -0.39 is 10.0 Å². The molecule has 2 N–H and O–H groups in total. The molecule has 1 aromatic heterocycles. The summed E-state index contributed by atoms with van der Waals surface area (Å²) in [5.74, 6) is 0. The summed E-state index contributed by atoms with van der Waals surface area (Å²) in [6.45, 7) is 4.97. The van der Waals surface area contributed by atoms with Crippen molar-refractivity contribution in [3.05, 3.63) is 18.0 Å². The Bertz CT molecular complexity index is 611. The van der Waals surface area contributed by atoms with Crippen LogP contribution < -0.4 is 5.73 Å². The van der Waals surface area contributed by atoms with Crippen molar-refractivity contribution >= 4 is 10.0 Å². The summed E-state index contributed by atoms with van der Waals surface area (Å²) in [5.41, 5.74) is 6.64. The highest BCUT2D eigenvalue weighted by Gasteiger charge is 2.34. The predicted molar refractivity (Wildman–Crippen MR) is 79.4 cm³/mol. The lowest BCUT2D eigenvalue weighted by molar-refractivity contribution is -0.0440. The van der Waals surface area contributed by atoms with E-state index >= 15 is 0 Å². The molecular formula is C14H23N3O3S. The summed E-state index contributed by atoms with van der Waals surface area (Å²) in [5, 5.41) is 0. The number of rotatable bonds is 4. The number of morpholine rings is 1. The van der Waals surface area contributed by atoms with E-state index in [9.17, 15) is 8.42 Å². The molecule has 3 rings (SSSR count). The molecule has 1 aliphatic heterocycles. The number of nitrogens with zero attached hydrogens (tertiary/aromatic N) is 2. The molecule has 7 heteroatoms. The Labute approximate surface area is 125 Å². The van der Waals surface area contributed by atoms with Crippen LogP contribution >= 0.6 is 0 Å². The van der Waals surface area contributed by atoms with Gasteiger partial charge in [-0.25, -0.2) is 8.42 Å². The molecule has 0 aromatic carbocycles. The maximum atomic E-state index is 12.8. The van der Waals surface area contributed by atoms with E-state index in [1.165, 1.54) is 4.31 Å². The van der Waals surface area contributed by atoms with Gasteiger partial charge in [-0.05, 0) is 32.8 Å². The number of nitrogens with two attached hydrogens (primary N) is 1. The quantitative estimate of drug-likeness (QED) is 0.902. The van der Waals surface area contributed by atoms with Gasteiger partial charge in [-0.3, -0.25) is 0 Å². The molecule has 0 spiro atoms. The molecule has 2 unspecified atom stereocenters. The minimum atomic E-state index is -3.47. The van der Waals surface area contributed by atoms with Gasteiger partial charge in [0.25, 0.3) is 0 Å². The zero-order valence-corrected chi connectivity index (χ0v) is 13.3. The summed E-state index contributed by atoms with van der Waals surface area (Å²) in [6.07, 6.45) is 3.80. The average molecular weight is 313 g/mol. The Balaban J connectivity index is 1.90. The van der Waals surface area contributed by atoms with Crippen LogP contribution in [0.15, 0.2) is 17.2 Å². The molecule has 1 saturated carbocycles. The zero-order chi connectivity index (χ0) is 15.2. The molecular weight excluding hydrogens is 290 g/mol. The van der Waals surface area contributed by atoms with E-state index in [2.05, 4.69) is 0 Å². The van der Waals surface area contributed by atoms with E-state index in [1.807, 2.05) is 18.4 Å². The molecule has 118 valence electrons. The zero-order valence-electron chi connectivity index (χ0n) is 12.5. The van der Waals surface area contributed by atoms with Crippen molar-refractivity contribution in [3.63, 3.8) is 0 Å². The predicted octanol–water partition coefficient (Wildman–Crippen LogP) is 1.08. The lowest BCUT2D eigenvalue weighted by atomic mass is 10.3. The Hall–Kier alpha value is -0.890. The van der Waals surface area contributed by atoms with Crippen molar-refractivity contribution < 1.29 is 13.2 Å². The number of hydrogen-bond donors (Lipinski definition) is 1. The third-order valence-electron chi connectivity index (χ3n) is 4.08. The summed E-state index contributed by atoms with van der Waals surface area (Å²) < 4.78 is 34.8. The maximum absolute atomic E-state index is 12.8. The molecule has 2 heterocycles. The van der Waals surface area contributed by atoms with E-state index in [1.54, 1.807) is 12.3 Å². The third-order valence-corrected chi connectivity index (χ3v) is 5.88. The molecule has 2 fully saturated rings. The number of aromatic nitrogens is 1. The Morgan fingerprint density at radius 2 is 1.90 bits per heavy atom. The van der Waals surface area contributed by atoms with Gasteiger partial charge in [0.1, 0.15) is 4.90 Å². The summed E-state index contributed by atoms with van der Waals surface area (Å²) in [4.78, 5) is 0.358. The van der Waals surface area contributed by atoms with Gasteiger partial charge in [0, 0.05) is 37.6 Å². The fourth-order valence-electron chi connectivity index (χ4n) is 2.97. The molecule has 2 atom stereocenters. The van der Waals surface area contributed by atoms with E-state index in [0.29, 0.717) is 30.6 Å². The summed E-state index contributed by atoms with van der Waals surface area (Å²) >= 11 is 0. The highest BCUT2D eigenvalue weighted by molar-refractivity contribution is 7.89. The van der Waals surface area contributed by atoms with Crippen LogP contribution in [-0.4, -0.2) is 42.6 Å². The van der Waals surface area contributed by atoms with E-state index in [4.69, 9.17) is 10.5 Å². The number of ether oxygens (including phenoxy) is 1. The van der Waals surface area contributed by atoms with Crippen LogP contribution in [0.2, 0.25) is 0 Å². The van der Waals surface area contributed by atoms with Crippen LogP contribution in [0.3, 0.4) is 0 Å². The molecule has 0 radical (unpaired) electrons. The molecule has 2 aliphatic rings. The van der Waals surface area contributed by atoms with Crippen molar-refractivity contribution in [2.24, 2.45) is 5.73 Å². The van der Waals surface area contributed by atoms with Gasteiger partial charge < -0.3 is 15.0 Å². The highest BCUT2D eigenvalue weighted by atomic mass is 32.2. The lowest BCUT2D eigenvalue weighted by Gasteiger charge is -2.34. The van der Waals surface area contributed by atoms with Crippen LogP contribution in [0, 0.1) is 0 Å². The summed E-state index contributed by atoms with van der Waals surface area (Å²) in [6, 6.07) is 2.15. The van der Waals surface area contributed by atoms with Gasteiger partial charge in [0.2, 0.25) is 10.0 Å². The second-order valence-electron chi connectivity index (χ2n) is 6.09. The fourth-order valence-corrected chi connectivity index (χ4v) is 4.61. The van der Waals surface area contributed by atoms with Crippen LogP contribution in [0.25, 0.3) is 0 Å². The van der Waals surface area contributed by atoms with Crippen molar-refractivity contribution in [3.8, 4) is 0 Å². The van der Waals surface area contributed by atoms with Gasteiger partial charge in [-0.15, -0.1) is 0 Å². The average Bonchev–Trinajstić information content (AvgIpc) is 3.16. The van der Waals surface area contributed by atoms with E-state index in [-0.39, 0.29) is 12.2 Å². The molecule has 21 heavy (non-hydrogen) atoms. The molecule has 0 amide bonds. The standard InChI is InChI=1S/C14H23N3O3S/c1-10-7-16(8-11(2)20-10)21(18,19)14-5-13(6-15)17(9-14)12-3-4-12/h5,9-12H,3-4,6-8,15H2,1-2H3. The van der Waals surface area contributed by atoms with Crippen molar-refractivity contribution in [2.45, 2.75) is 56.4 Å². The molecule has 0 bridgehead atoms. The van der Waals surface area contributed by atoms with E-state index in [0.717, 1.165) is 18.5 Å². The highest BCUT2D eigenvalue weighted by Crippen LogP contribution is 2.37. The minimum Gasteiger partial charge on any atom is -0.373 e. The normalized spacial score (nSPS) is 28.0. The van der Waals surface area contributed by atoms with Gasteiger partial charge >= 0.3 is 0 Å². The first-order valence-corrected chi connectivity index (χ1v) is 8.92. The monoisotopic (exact) mass is 313 g/mol. The first-order valence-electron chi connectivity index (χ1n) is 7.48. The third kappa shape index (κ3) is 2.88. The fraction of sp³-hybridized carbons (Fsp3) is 0.714. The van der Waals surface area contributed by atoms with Crippen molar-refractivity contribution in [2.75, 3.05) is 13.1 Å². The Morgan fingerprint density at radius 3 is 2.43 bits per heavy atom. The van der Waals surface area contributed by atoms with Crippen molar-refractivity contribution in [1.82, 2.24) is 8.87 Å². The van der Waals surface area contributed by atoms with Gasteiger partial charge in [0.05, 0.1) is 12.2 Å². The van der Waals surface area contributed by atoms with Crippen LogP contribution in [-0.2, 0) is 21.3 Å². The second kappa shape index (κ2) is 5.39. The number of sulfonamides is 1. The molecule has 6 nitrogen and oxygen atoms in total. The Kier molecular flexibility index (Phi) is 3.85. The van der Waals surface area contributed by atoms with Crippen LogP contribution in [0.5, 0.6) is 0 Å². The smallest absolute Gasteiger partial charge is 0.244 e. The largest absolute Gasteiger partial charge is 0.373 e. The minimum absolute atomic E-state index is 0.0805. The molecule has 1 aromatic rings. The first-order chi connectivity index (χ1) is 9.91. The van der Waals surface area contributed by atoms with Gasteiger partial charge in [-0.2, -0.15) is 4.31 Å². The van der Waals surface area contributed by atoms with Crippen LogP contribution in [0.1, 0.15) is 38.4 Å². The van der Waals surface area contributed by atoms with Gasteiger partial charge in [0.15, 0.2) is 0 Å². The SMILES string of the molecule is CC1CN(S(=O)(=O)c2cc(CN)n(C3CC3)c2)CC(C)O1. The van der Waals surface area contributed by atoms with Crippen LogP contribution in [0.4, 0.5) is 0 Å². The number of hydrogen-bond acceptors (Lipinski definition) is 4. The Morgan fingerprint density at radius 1 is 1.29 bits per heavy atom. The van der Waals surface area contributed by atoms with Gasteiger partial charge in [-0.1, -0.05) is 0 Å². The first kappa shape index (κ1) is 15.0. The summed E-state index contributed by atoms with van der Waals surface area (Å²) in [7, 11) is -3.47. The van der Waals surface area contributed by atoms with Crippen molar-refractivity contribution in [1.29, 1.82) is 0 Å². The topological polar surface area (TPSA) is 77.6 Å².